The monoisotopic (exact) mass is 452 g/mol. The number of allylic oxidation sites excluding steroid dienone is 1. The van der Waals surface area contributed by atoms with Gasteiger partial charge in [0.25, 0.3) is 0 Å². The van der Waals surface area contributed by atoms with Crippen LogP contribution in [0.15, 0.2) is 36.4 Å². The van der Waals surface area contributed by atoms with Crippen molar-refractivity contribution < 1.29 is 26.7 Å². The van der Waals surface area contributed by atoms with Gasteiger partial charge in [0.15, 0.2) is 0 Å². The van der Waals surface area contributed by atoms with Crippen LogP contribution in [0.5, 0.6) is 0 Å². The highest BCUT2D eigenvalue weighted by atomic mass is 19.4. The minimum atomic E-state index is -5.07. The largest absolute Gasteiger partial charge is 0.422 e. The van der Waals surface area contributed by atoms with E-state index in [1.54, 1.807) is 13.0 Å². The second kappa shape index (κ2) is 10.6. The summed E-state index contributed by atoms with van der Waals surface area (Å²) in [6, 6.07) is 9.46. The Morgan fingerprint density at radius 2 is 1.59 bits per heavy atom. The van der Waals surface area contributed by atoms with E-state index < -0.39 is 23.4 Å². The molecule has 0 spiro atoms. The van der Waals surface area contributed by atoms with Gasteiger partial charge in [0.1, 0.15) is 17.2 Å². The third-order valence-corrected chi connectivity index (χ3v) is 6.12. The van der Waals surface area contributed by atoms with Crippen molar-refractivity contribution in [3.63, 3.8) is 0 Å². The summed E-state index contributed by atoms with van der Waals surface area (Å²) in [6.07, 6.45) is 2.24. The predicted molar refractivity (Wildman–Crippen MR) is 117 cm³/mol. The summed E-state index contributed by atoms with van der Waals surface area (Å²) in [5.74, 6) is -2.07. The fraction of sp³-hybridized carbons (Fsp3) is 0.462. The Bertz CT molecular complexity index is 899. The first-order chi connectivity index (χ1) is 15.2. The summed E-state index contributed by atoms with van der Waals surface area (Å²) in [6.45, 7) is 5.39. The van der Waals surface area contributed by atoms with Gasteiger partial charge in [-0.05, 0) is 85.3 Å². The lowest BCUT2D eigenvalue weighted by molar-refractivity contribution is -0.142. The lowest BCUT2D eigenvalue weighted by atomic mass is 9.79. The van der Waals surface area contributed by atoms with Crippen LogP contribution in [-0.4, -0.2) is 13.2 Å². The molecule has 32 heavy (non-hydrogen) atoms. The molecule has 1 saturated carbocycles. The molecular formula is C26H29F5O. The van der Waals surface area contributed by atoms with Crippen LogP contribution in [0.2, 0.25) is 0 Å². The van der Waals surface area contributed by atoms with Gasteiger partial charge in [-0.1, -0.05) is 37.3 Å². The van der Waals surface area contributed by atoms with Gasteiger partial charge >= 0.3 is 6.18 Å². The Morgan fingerprint density at radius 3 is 2.12 bits per heavy atom. The zero-order chi connectivity index (χ0) is 23.3. The van der Waals surface area contributed by atoms with Gasteiger partial charge in [-0.25, -0.2) is 8.78 Å². The Balaban J connectivity index is 1.65. The van der Waals surface area contributed by atoms with Crippen LogP contribution in [0, 0.1) is 17.6 Å². The van der Waals surface area contributed by atoms with Crippen molar-refractivity contribution in [1.82, 2.24) is 0 Å². The molecule has 0 N–H and O–H groups in total. The molecule has 0 amide bonds. The Labute approximate surface area is 186 Å². The van der Waals surface area contributed by atoms with Gasteiger partial charge in [-0.3, -0.25) is 0 Å². The molecule has 0 aromatic heterocycles. The standard InChI is InChI=1S/C26H29F5O/c1-3-12-32-16-19-6-10-21(11-7-19)20-8-4-18(5-9-20)13-17(2)22-14-23(27)25(24(28)15-22)26(29,30)31/h4-5,8-9,13-15,19,21H,3,6-7,10-12,16H2,1-2H3/b17-13+. The summed E-state index contributed by atoms with van der Waals surface area (Å²) >= 11 is 0. The molecular weight excluding hydrogens is 423 g/mol. The second-order valence-electron chi connectivity index (χ2n) is 8.60. The van der Waals surface area contributed by atoms with E-state index >= 15 is 0 Å². The van der Waals surface area contributed by atoms with Crippen molar-refractivity contribution in [2.75, 3.05) is 13.2 Å². The maximum Gasteiger partial charge on any atom is 0.422 e. The lowest BCUT2D eigenvalue weighted by Crippen LogP contribution is -2.18. The third kappa shape index (κ3) is 6.18. The molecule has 0 bridgehead atoms. The fourth-order valence-corrected chi connectivity index (χ4v) is 4.33. The maximum atomic E-state index is 13.9. The van der Waals surface area contributed by atoms with Gasteiger partial charge in [-0.15, -0.1) is 0 Å². The summed E-state index contributed by atoms with van der Waals surface area (Å²) in [4.78, 5) is 0. The molecule has 0 heterocycles. The molecule has 1 aliphatic rings. The number of alkyl halides is 3. The second-order valence-corrected chi connectivity index (χ2v) is 8.60. The van der Waals surface area contributed by atoms with Gasteiger partial charge < -0.3 is 4.74 Å². The number of rotatable bonds is 7. The van der Waals surface area contributed by atoms with Crippen LogP contribution in [-0.2, 0) is 10.9 Å². The van der Waals surface area contributed by atoms with E-state index in [0.717, 1.165) is 63.0 Å². The van der Waals surface area contributed by atoms with E-state index in [9.17, 15) is 22.0 Å². The first kappa shape index (κ1) is 24.4. The molecule has 6 heteroatoms. The van der Waals surface area contributed by atoms with E-state index in [0.29, 0.717) is 17.4 Å². The normalized spacial score (nSPS) is 19.9. The number of ether oxygens (including phenoxy) is 1. The van der Waals surface area contributed by atoms with Gasteiger partial charge in [0, 0.05) is 13.2 Å². The van der Waals surface area contributed by atoms with E-state index in [2.05, 4.69) is 19.1 Å². The molecule has 0 radical (unpaired) electrons. The number of halogens is 5. The zero-order valence-corrected chi connectivity index (χ0v) is 18.4. The molecule has 0 saturated heterocycles. The SMILES string of the molecule is CCCOCC1CCC(c2ccc(/C=C(\C)c3cc(F)c(C(F)(F)F)c(F)c3)cc2)CC1. The van der Waals surface area contributed by atoms with Crippen molar-refractivity contribution in [3.8, 4) is 0 Å². The highest BCUT2D eigenvalue weighted by Crippen LogP contribution is 2.37. The minimum Gasteiger partial charge on any atom is -0.381 e. The average molecular weight is 453 g/mol. The van der Waals surface area contributed by atoms with Crippen LogP contribution in [0.1, 0.15) is 74.1 Å². The van der Waals surface area contributed by atoms with Crippen molar-refractivity contribution in [3.05, 3.63) is 70.3 Å². The van der Waals surface area contributed by atoms with Gasteiger partial charge in [0.05, 0.1) is 0 Å². The van der Waals surface area contributed by atoms with Gasteiger partial charge in [-0.2, -0.15) is 13.2 Å². The van der Waals surface area contributed by atoms with E-state index in [1.165, 1.54) is 5.56 Å². The quantitative estimate of drug-likeness (QED) is 0.233. The van der Waals surface area contributed by atoms with Crippen LogP contribution < -0.4 is 0 Å². The van der Waals surface area contributed by atoms with Crippen LogP contribution in [0.25, 0.3) is 11.6 Å². The zero-order valence-electron chi connectivity index (χ0n) is 18.4. The summed E-state index contributed by atoms with van der Waals surface area (Å²) in [7, 11) is 0. The van der Waals surface area contributed by atoms with Crippen molar-refractivity contribution in [2.45, 2.75) is 58.0 Å². The van der Waals surface area contributed by atoms with Crippen molar-refractivity contribution in [1.29, 1.82) is 0 Å². The Morgan fingerprint density at radius 1 is 1.00 bits per heavy atom. The summed E-state index contributed by atoms with van der Waals surface area (Å²) < 4.78 is 71.8. The molecule has 0 unspecified atom stereocenters. The van der Waals surface area contributed by atoms with Crippen molar-refractivity contribution >= 4 is 11.6 Å². The maximum absolute atomic E-state index is 13.9. The molecule has 2 aromatic rings. The minimum absolute atomic E-state index is 0.0840. The molecule has 1 nitrogen and oxygen atoms in total. The fourth-order valence-electron chi connectivity index (χ4n) is 4.33. The summed E-state index contributed by atoms with van der Waals surface area (Å²) in [5.41, 5.74) is 0.801. The number of benzene rings is 2. The molecule has 0 aliphatic heterocycles. The van der Waals surface area contributed by atoms with Crippen LogP contribution in [0.3, 0.4) is 0 Å². The first-order valence-corrected chi connectivity index (χ1v) is 11.1. The Kier molecular flexibility index (Phi) is 8.10. The van der Waals surface area contributed by atoms with E-state index in [-0.39, 0.29) is 5.56 Å². The van der Waals surface area contributed by atoms with Crippen molar-refractivity contribution in [2.24, 2.45) is 5.92 Å². The third-order valence-electron chi connectivity index (χ3n) is 6.12. The summed E-state index contributed by atoms with van der Waals surface area (Å²) in [5, 5.41) is 0. The molecule has 3 rings (SSSR count). The predicted octanol–water partition coefficient (Wildman–Crippen LogP) is 8.24. The molecule has 1 aliphatic carbocycles. The number of hydrogen-bond acceptors (Lipinski definition) is 1. The molecule has 0 atom stereocenters. The smallest absolute Gasteiger partial charge is 0.381 e. The average Bonchev–Trinajstić information content (AvgIpc) is 2.73. The highest BCUT2D eigenvalue weighted by molar-refractivity contribution is 5.80. The number of hydrogen-bond donors (Lipinski definition) is 0. The van der Waals surface area contributed by atoms with Gasteiger partial charge in [0.2, 0.25) is 0 Å². The van der Waals surface area contributed by atoms with E-state index in [4.69, 9.17) is 4.74 Å². The first-order valence-electron chi connectivity index (χ1n) is 11.1. The Hall–Kier alpha value is -2.21. The topological polar surface area (TPSA) is 9.23 Å². The molecule has 2 aromatic carbocycles. The highest BCUT2D eigenvalue weighted by Gasteiger charge is 2.38. The van der Waals surface area contributed by atoms with Crippen LogP contribution in [0.4, 0.5) is 22.0 Å². The lowest BCUT2D eigenvalue weighted by Gasteiger charge is -2.28. The van der Waals surface area contributed by atoms with E-state index in [1.807, 2.05) is 12.1 Å². The van der Waals surface area contributed by atoms with Crippen LogP contribution >= 0.6 is 0 Å². The molecule has 174 valence electrons. The molecule has 1 fully saturated rings.